The fourth-order valence-corrected chi connectivity index (χ4v) is 4.25. The van der Waals surface area contributed by atoms with E-state index >= 15 is 0 Å². The van der Waals surface area contributed by atoms with Crippen molar-refractivity contribution in [1.82, 2.24) is 29.1 Å². The number of aliphatic hydroxyl groups excluding tert-OH is 3. The van der Waals surface area contributed by atoms with Crippen molar-refractivity contribution in [3.8, 4) is 22.5 Å². The van der Waals surface area contributed by atoms with E-state index in [0.717, 1.165) is 16.7 Å². The third kappa shape index (κ3) is 3.11. The molecule has 1 saturated heterocycles. The molecule has 10 heteroatoms. The predicted octanol–water partition coefficient (Wildman–Crippen LogP) is 1.42. The first kappa shape index (κ1) is 19.9. The van der Waals surface area contributed by atoms with Crippen molar-refractivity contribution in [2.24, 2.45) is 0 Å². The summed E-state index contributed by atoms with van der Waals surface area (Å²) in [6, 6.07) is 18.2. The Hall–Kier alpha value is -3.70. The second kappa shape index (κ2) is 7.71. The summed E-state index contributed by atoms with van der Waals surface area (Å²) in [6.07, 6.45) is -1.18. The van der Waals surface area contributed by atoms with Gasteiger partial charge < -0.3 is 20.1 Å². The summed E-state index contributed by atoms with van der Waals surface area (Å²) in [5.74, 6) is 0.626. The van der Waals surface area contributed by atoms with Gasteiger partial charge >= 0.3 is 0 Å². The zero-order chi connectivity index (χ0) is 22.5. The molecule has 0 saturated carbocycles. The van der Waals surface area contributed by atoms with E-state index in [-0.39, 0.29) is 0 Å². The molecule has 0 bridgehead atoms. The van der Waals surface area contributed by atoms with Gasteiger partial charge in [0.05, 0.1) is 12.9 Å². The number of rotatable bonds is 4. The summed E-state index contributed by atoms with van der Waals surface area (Å²) in [7, 11) is 0. The number of hydrogen-bond donors (Lipinski definition) is 3. The number of benzene rings is 2. The number of fused-ring (bicyclic) bond motifs is 3. The Kier molecular flexibility index (Phi) is 4.66. The van der Waals surface area contributed by atoms with Crippen molar-refractivity contribution in [2.45, 2.75) is 24.5 Å². The molecule has 0 spiro atoms. The molecule has 4 heterocycles. The van der Waals surface area contributed by atoms with Gasteiger partial charge in [-0.25, -0.2) is 9.97 Å². The molecular formula is C23H20N6O4. The molecule has 6 rings (SSSR count). The minimum atomic E-state index is -1.23. The van der Waals surface area contributed by atoms with Crippen molar-refractivity contribution >= 4 is 16.8 Å². The Balaban J connectivity index is 1.38. The maximum absolute atomic E-state index is 10.4. The second-order valence-electron chi connectivity index (χ2n) is 7.96. The average Bonchev–Trinajstić information content (AvgIpc) is 3.55. The largest absolute Gasteiger partial charge is 0.394 e. The smallest absolute Gasteiger partial charge is 0.192 e. The summed E-state index contributed by atoms with van der Waals surface area (Å²) < 4.78 is 8.90. The molecule has 0 radical (unpaired) electrons. The van der Waals surface area contributed by atoms with Crippen molar-refractivity contribution in [2.75, 3.05) is 6.61 Å². The summed E-state index contributed by atoms with van der Waals surface area (Å²) in [5.41, 5.74) is 4.53. The molecular weight excluding hydrogens is 424 g/mol. The third-order valence-electron chi connectivity index (χ3n) is 6.01. The highest BCUT2D eigenvalue weighted by molar-refractivity contribution is 5.86. The van der Waals surface area contributed by atoms with E-state index in [9.17, 15) is 15.3 Å². The predicted molar refractivity (Wildman–Crippen MR) is 118 cm³/mol. The minimum absolute atomic E-state index is 0.407. The van der Waals surface area contributed by atoms with Gasteiger partial charge in [-0.2, -0.15) is 0 Å². The maximum atomic E-state index is 10.4. The second-order valence-corrected chi connectivity index (χ2v) is 7.96. The number of ether oxygens (including phenoxy) is 1. The Bertz CT molecular complexity index is 1430. The van der Waals surface area contributed by atoms with Crippen LogP contribution in [-0.4, -0.2) is 69.4 Å². The molecule has 1 aliphatic rings. The molecule has 166 valence electrons. The highest BCUT2D eigenvalue weighted by atomic mass is 16.6. The van der Waals surface area contributed by atoms with Crippen LogP contribution in [0.1, 0.15) is 6.23 Å². The van der Waals surface area contributed by atoms with Crippen LogP contribution in [0.15, 0.2) is 67.3 Å². The average molecular weight is 444 g/mol. The van der Waals surface area contributed by atoms with E-state index in [1.54, 1.807) is 10.7 Å². The van der Waals surface area contributed by atoms with E-state index in [2.05, 4.69) is 32.3 Å². The van der Waals surface area contributed by atoms with Crippen LogP contribution in [0, 0.1) is 0 Å². The molecule has 1 aliphatic heterocycles. The summed E-state index contributed by atoms with van der Waals surface area (Å²) in [6.45, 7) is -0.407. The molecule has 3 aromatic heterocycles. The van der Waals surface area contributed by atoms with Gasteiger partial charge in [-0.15, -0.1) is 10.2 Å². The SMILES string of the molecule is OC[C@H]1O[C@@H](n2cnc3c2ncn2c(-c4ccc(-c5ccccc5)cc4)nnc32)[C@H](O)[C@@H]1O. The molecule has 0 aliphatic carbocycles. The fourth-order valence-electron chi connectivity index (χ4n) is 4.25. The lowest BCUT2D eigenvalue weighted by Crippen LogP contribution is -2.33. The van der Waals surface area contributed by atoms with Crippen LogP contribution < -0.4 is 0 Å². The molecule has 33 heavy (non-hydrogen) atoms. The van der Waals surface area contributed by atoms with Gasteiger partial charge in [-0.05, 0) is 11.1 Å². The van der Waals surface area contributed by atoms with Gasteiger partial charge in [0.25, 0.3) is 0 Å². The van der Waals surface area contributed by atoms with Crippen molar-refractivity contribution in [1.29, 1.82) is 0 Å². The van der Waals surface area contributed by atoms with Crippen molar-refractivity contribution in [3.63, 3.8) is 0 Å². The van der Waals surface area contributed by atoms with E-state index < -0.39 is 31.1 Å². The van der Waals surface area contributed by atoms with Crippen molar-refractivity contribution < 1.29 is 20.1 Å². The molecule has 1 fully saturated rings. The molecule has 4 atom stereocenters. The van der Waals surface area contributed by atoms with Crippen LogP contribution in [0.4, 0.5) is 0 Å². The van der Waals surface area contributed by atoms with Gasteiger partial charge in [0.15, 0.2) is 28.9 Å². The van der Waals surface area contributed by atoms with Crippen LogP contribution in [-0.2, 0) is 4.74 Å². The summed E-state index contributed by atoms with van der Waals surface area (Å²) in [5, 5.41) is 38.5. The monoisotopic (exact) mass is 444 g/mol. The highest BCUT2D eigenvalue weighted by Crippen LogP contribution is 2.32. The zero-order valence-corrected chi connectivity index (χ0v) is 17.3. The minimum Gasteiger partial charge on any atom is -0.394 e. The van der Waals surface area contributed by atoms with E-state index in [1.165, 1.54) is 10.9 Å². The third-order valence-corrected chi connectivity index (χ3v) is 6.01. The lowest BCUT2D eigenvalue weighted by Gasteiger charge is -2.16. The number of aromatic nitrogens is 6. The van der Waals surface area contributed by atoms with Gasteiger partial charge in [0, 0.05) is 5.56 Å². The fraction of sp³-hybridized carbons (Fsp3) is 0.217. The number of hydrogen-bond acceptors (Lipinski definition) is 8. The molecule has 0 unspecified atom stereocenters. The number of imidazole rings is 1. The highest BCUT2D eigenvalue weighted by Gasteiger charge is 2.44. The van der Waals surface area contributed by atoms with Gasteiger partial charge in [0.1, 0.15) is 24.6 Å². The first-order valence-corrected chi connectivity index (χ1v) is 10.5. The Morgan fingerprint density at radius 2 is 1.52 bits per heavy atom. The first-order valence-electron chi connectivity index (χ1n) is 10.5. The Labute approximate surface area is 187 Å². The standard InChI is InChI=1S/C23H20N6O4/c30-10-16-18(31)19(32)23(33-16)29-11-24-17-21(29)25-12-28-20(26-27-22(17)28)15-8-6-14(7-9-15)13-4-2-1-3-5-13/h1-9,11-12,16,18-19,23,30-32H,10H2/t16-,18-,19-,23-/m1/s1. The maximum Gasteiger partial charge on any atom is 0.192 e. The lowest BCUT2D eigenvalue weighted by atomic mass is 10.0. The van der Waals surface area contributed by atoms with E-state index in [1.807, 2.05) is 42.5 Å². The van der Waals surface area contributed by atoms with Crippen LogP contribution in [0.3, 0.4) is 0 Å². The molecule has 10 nitrogen and oxygen atoms in total. The summed E-state index contributed by atoms with van der Waals surface area (Å²) >= 11 is 0. The molecule has 0 amide bonds. The molecule has 3 N–H and O–H groups in total. The Morgan fingerprint density at radius 3 is 2.24 bits per heavy atom. The lowest BCUT2D eigenvalue weighted by molar-refractivity contribution is -0.0511. The summed E-state index contributed by atoms with van der Waals surface area (Å²) in [4.78, 5) is 8.90. The van der Waals surface area contributed by atoms with Crippen LogP contribution in [0.2, 0.25) is 0 Å². The van der Waals surface area contributed by atoms with Crippen LogP contribution >= 0.6 is 0 Å². The van der Waals surface area contributed by atoms with Crippen LogP contribution in [0.5, 0.6) is 0 Å². The topological polar surface area (TPSA) is 131 Å². The molecule has 5 aromatic rings. The normalized spacial score (nSPS) is 23.0. The van der Waals surface area contributed by atoms with Crippen molar-refractivity contribution in [3.05, 3.63) is 67.3 Å². The quantitative estimate of drug-likeness (QED) is 0.379. The van der Waals surface area contributed by atoms with Gasteiger partial charge in [0.2, 0.25) is 0 Å². The zero-order valence-electron chi connectivity index (χ0n) is 17.3. The Morgan fingerprint density at radius 1 is 0.788 bits per heavy atom. The number of aliphatic hydroxyl groups is 3. The number of nitrogens with zero attached hydrogens (tertiary/aromatic N) is 6. The first-order chi connectivity index (χ1) is 16.2. The van der Waals surface area contributed by atoms with E-state index in [0.29, 0.717) is 22.6 Å². The van der Waals surface area contributed by atoms with Gasteiger partial charge in [-0.3, -0.25) is 8.97 Å². The van der Waals surface area contributed by atoms with Crippen LogP contribution in [0.25, 0.3) is 39.3 Å². The van der Waals surface area contributed by atoms with Gasteiger partial charge in [-0.1, -0.05) is 54.6 Å². The van der Waals surface area contributed by atoms with E-state index in [4.69, 9.17) is 4.74 Å². The molecule has 2 aromatic carbocycles.